The van der Waals surface area contributed by atoms with Gasteiger partial charge >= 0.3 is 0 Å². The van der Waals surface area contributed by atoms with Gasteiger partial charge in [0.2, 0.25) is 0 Å². The molecule has 7 heteroatoms. The Morgan fingerprint density at radius 3 is 2.56 bits per heavy atom. The summed E-state index contributed by atoms with van der Waals surface area (Å²) >= 11 is 0. The van der Waals surface area contributed by atoms with Crippen molar-refractivity contribution in [3.63, 3.8) is 0 Å². The maximum absolute atomic E-state index is 13.8. The molecule has 0 saturated heterocycles. The molecule has 6 nitrogen and oxygen atoms in total. The Hall–Kier alpha value is -3.27. The molecule has 0 aliphatic heterocycles. The summed E-state index contributed by atoms with van der Waals surface area (Å²) in [7, 11) is 1.61. The number of nitrogens with one attached hydrogen (secondary N) is 2. The van der Waals surface area contributed by atoms with Gasteiger partial charge in [0.15, 0.2) is 5.96 Å². The average molecular weight is 370 g/mol. The van der Waals surface area contributed by atoms with Crippen LogP contribution in [0.1, 0.15) is 18.1 Å². The van der Waals surface area contributed by atoms with E-state index in [1.807, 2.05) is 37.3 Å². The lowest BCUT2D eigenvalue weighted by Crippen LogP contribution is -2.39. The molecule has 2 aromatic rings. The van der Waals surface area contributed by atoms with Crippen molar-refractivity contribution in [1.82, 2.24) is 10.6 Å². The summed E-state index contributed by atoms with van der Waals surface area (Å²) in [6.07, 6.45) is 0. The third-order valence-electron chi connectivity index (χ3n) is 3.65. The number of guanidine groups is 1. The summed E-state index contributed by atoms with van der Waals surface area (Å²) < 4.78 is 24.6. The predicted molar refractivity (Wildman–Crippen MR) is 102 cm³/mol. The van der Waals surface area contributed by atoms with Gasteiger partial charge < -0.3 is 20.1 Å². The van der Waals surface area contributed by atoms with Gasteiger partial charge in [0.1, 0.15) is 23.9 Å². The second kappa shape index (κ2) is 10.7. The van der Waals surface area contributed by atoms with Crippen LogP contribution >= 0.6 is 0 Å². The molecule has 0 fully saturated rings. The summed E-state index contributed by atoms with van der Waals surface area (Å²) in [6.45, 7) is 3.72. The van der Waals surface area contributed by atoms with Crippen molar-refractivity contribution in [3.8, 4) is 17.6 Å². The second-order valence-electron chi connectivity index (χ2n) is 5.56. The molecule has 27 heavy (non-hydrogen) atoms. The van der Waals surface area contributed by atoms with E-state index in [0.29, 0.717) is 36.8 Å². The van der Waals surface area contributed by atoms with Gasteiger partial charge in [0, 0.05) is 12.1 Å². The molecule has 0 saturated carbocycles. The standard InChI is InChI=1S/C20H23FN4O2/c1-3-23-20(25-14-16-12-15(13-22)4-9-19(16)21)24-10-11-27-18-7-5-17(26-2)6-8-18/h4-9,12H,3,10-11,14H2,1-2H3,(H2,23,24,25). The first-order valence-corrected chi connectivity index (χ1v) is 8.63. The lowest BCUT2D eigenvalue weighted by Gasteiger charge is -2.12. The van der Waals surface area contributed by atoms with Crippen LogP contribution in [0.25, 0.3) is 0 Å². The fourth-order valence-corrected chi connectivity index (χ4v) is 2.28. The van der Waals surface area contributed by atoms with Crippen LogP contribution in [0.2, 0.25) is 0 Å². The van der Waals surface area contributed by atoms with Crippen LogP contribution in [-0.2, 0) is 6.54 Å². The van der Waals surface area contributed by atoms with E-state index in [-0.39, 0.29) is 12.4 Å². The van der Waals surface area contributed by atoms with E-state index >= 15 is 0 Å². The van der Waals surface area contributed by atoms with E-state index in [9.17, 15) is 4.39 Å². The van der Waals surface area contributed by atoms with Crippen LogP contribution in [0, 0.1) is 17.1 Å². The van der Waals surface area contributed by atoms with Gasteiger partial charge in [-0.3, -0.25) is 0 Å². The quantitative estimate of drug-likeness (QED) is 0.424. The smallest absolute Gasteiger partial charge is 0.191 e. The lowest BCUT2D eigenvalue weighted by atomic mass is 10.1. The van der Waals surface area contributed by atoms with E-state index < -0.39 is 0 Å². The molecule has 0 aliphatic carbocycles. The van der Waals surface area contributed by atoms with E-state index in [4.69, 9.17) is 14.7 Å². The minimum absolute atomic E-state index is 0.135. The summed E-state index contributed by atoms with van der Waals surface area (Å²) in [5.41, 5.74) is 0.785. The number of aliphatic imine (C=N–C) groups is 1. The molecular weight excluding hydrogens is 347 g/mol. The fraction of sp³-hybridized carbons (Fsp3) is 0.300. The lowest BCUT2D eigenvalue weighted by molar-refractivity contribution is 0.321. The zero-order valence-electron chi connectivity index (χ0n) is 15.5. The van der Waals surface area contributed by atoms with Crippen molar-refractivity contribution in [1.29, 1.82) is 5.26 Å². The van der Waals surface area contributed by atoms with E-state index in [2.05, 4.69) is 15.6 Å². The van der Waals surface area contributed by atoms with Crippen molar-refractivity contribution >= 4 is 5.96 Å². The van der Waals surface area contributed by atoms with E-state index in [1.165, 1.54) is 18.2 Å². The Labute approximate surface area is 158 Å². The van der Waals surface area contributed by atoms with Crippen molar-refractivity contribution in [2.75, 3.05) is 26.8 Å². The number of hydrogen-bond donors (Lipinski definition) is 2. The molecule has 2 aromatic carbocycles. The highest BCUT2D eigenvalue weighted by Crippen LogP contribution is 2.16. The fourth-order valence-electron chi connectivity index (χ4n) is 2.28. The minimum Gasteiger partial charge on any atom is -0.497 e. The van der Waals surface area contributed by atoms with Crippen LogP contribution in [0.3, 0.4) is 0 Å². The number of hydrogen-bond acceptors (Lipinski definition) is 4. The highest BCUT2D eigenvalue weighted by molar-refractivity contribution is 5.79. The molecule has 2 rings (SSSR count). The molecule has 0 aliphatic rings. The maximum Gasteiger partial charge on any atom is 0.191 e. The molecule has 142 valence electrons. The number of benzene rings is 2. The first-order valence-electron chi connectivity index (χ1n) is 8.63. The molecule has 2 N–H and O–H groups in total. The van der Waals surface area contributed by atoms with Crippen molar-refractivity contribution < 1.29 is 13.9 Å². The van der Waals surface area contributed by atoms with Crippen molar-refractivity contribution in [2.45, 2.75) is 13.5 Å². The van der Waals surface area contributed by atoms with Gasteiger partial charge in [0.25, 0.3) is 0 Å². The Morgan fingerprint density at radius 2 is 1.89 bits per heavy atom. The monoisotopic (exact) mass is 370 g/mol. The van der Waals surface area contributed by atoms with Crippen molar-refractivity contribution in [3.05, 3.63) is 59.4 Å². The molecule has 0 radical (unpaired) electrons. The third-order valence-corrected chi connectivity index (χ3v) is 3.65. The number of methoxy groups -OCH3 is 1. The van der Waals surface area contributed by atoms with Gasteiger partial charge in [0.05, 0.1) is 31.8 Å². The molecule has 0 heterocycles. The minimum atomic E-state index is -0.378. The summed E-state index contributed by atoms with van der Waals surface area (Å²) in [5, 5.41) is 15.2. The predicted octanol–water partition coefficient (Wildman–Crippen LogP) is 2.84. The average Bonchev–Trinajstić information content (AvgIpc) is 2.70. The van der Waals surface area contributed by atoms with Crippen LogP contribution < -0.4 is 20.1 Å². The topological polar surface area (TPSA) is 78.7 Å². The van der Waals surface area contributed by atoms with Gasteiger partial charge in [-0.15, -0.1) is 0 Å². The number of rotatable bonds is 8. The van der Waals surface area contributed by atoms with Crippen LogP contribution in [0.15, 0.2) is 47.5 Å². The molecule has 0 spiro atoms. The Balaban J connectivity index is 1.87. The largest absolute Gasteiger partial charge is 0.497 e. The molecule has 0 amide bonds. The number of ether oxygens (including phenoxy) is 2. The van der Waals surface area contributed by atoms with Gasteiger partial charge in [-0.2, -0.15) is 5.26 Å². The van der Waals surface area contributed by atoms with E-state index in [1.54, 1.807) is 7.11 Å². The molecule has 0 bridgehead atoms. The highest BCUT2D eigenvalue weighted by atomic mass is 19.1. The normalized spacial score (nSPS) is 10.8. The highest BCUT2D eigenvalue weighted by Gasteiger charge is 2.04. The molecule has 0 unspecified atom stereocenters. The summed E-state index contributed by atoms with van der Waals surface area (Å²) in [4.78, 5) is 4.36. The van der Waals surface area contributed by atoms with Gasteiger partial charge in [-0.05, 0) is 49.4 Å². The Bertz CT molecular complexity index is 801. The SMILES string of the molecule is CCNC(=NCc1cc(C#N)ccc1F)NCCOc1ccc(OC)cc1. The maximum atomic E-state index is 13.8. The van der Waals surface area contributed by atoms with E-state index in [0.717, 1.165) is 11.5 Å². The molecule has 0 atom stereocenters. The van der Waals surface area contributed by atoms with Crippen molar-refractivity contribution in [2.24, 2.45) is 4.99 Å². The van der Waals surface area contributed by atoms with Crippen LogP contribution in [-0.4, -0.2) is 32.8 Å². The van der Waals surface area contributed by atoms with Gasteiger partial charge in [-0.25, -0.2) is 9.38 Å². The van der Waals surface area contributed by atoms with Gasteiger partial charge in [-0.1, -0.05) is 0 Å². The summed E-state index contributed by atoms with van der Waals surface area (Å²) in [5.74, 6) is 1.69. The Kier molecular flexibility index (Phi) is 7.92. The molecular formula is C20H23FN4O2. The third kappa shape index (κ3) is 6.51. The van der Waals surface area contributed by atoms with Crippen LogP contribution in [0.4, 0.5) is 4.39 Å². The second-order valence-corrected chi connectivity index (χ2v) is 5.56. The zero-order valence-corrected chi connectivity index (χ0v) is 15.5. The van der Waals surface area contributed by atoms with Crippen LogP contribution in [0.5, 0.6) is 11.5 Å². The summed E-state index contributed by atoms with van der Waals surface area (Å²) in [6, 6.07) is 13.6. The number of nitriles is 1. The first kappa shape index (κ1) is 20.0. The number of nitrogens with zero attached hydrogens (tertiary/aromatic N) is 2. The Morgan fingerprint density at radius 1 is 1.15 bits per heavy atom. The first-order chi connectivity index (χ1) is 13.2. The number of halogens is 1. The molecule has 0 aromatic heterocycles. The zero-order chi connectivity index (χ0) is 19.5.